The van der Waals surface area contributed by atoms with Crippen molar-refractivity contribution in [1.29, 1.82) is 0 Å². The summed E-state index contributed by atoms with van der Waals surface area (Å²) >= 11 is 0. The third-order valence-corrected chi connectivity index (χ3v) is 4.64. The first-order chi connectivity index (χ1) is 8.89. The second kappa shape index (κ2) is 5.51. The number of aliphatic carboxylic acids is 1. The van der Waals surface area contributed by atoms with Gasteiger partial charge in [-0.1, -0.05) is 20.3 Å². The van der Waals surface area contributed by atoms with E-state index in [1.165, 1.54) is 6.42 Å². The molecule has 4 heteroatoms. The normalized spacial score (nSPS) is 30.9. The van der Waals surface area contributed by atoms with Crippen molar-refractivity contribution in [2.24, 2.45) is 17.3 Å². The van der Waals surface area contributed by atoms with Crippen molar-refractivity contribution in [2.75, 3.05) is 13.1 Å². The van der Waals surface area contributed by atoms with Crippen molar-refractivity contribution in [3.05, 3.63) is 0 Å². The largest absolute Gasteiger partial charge is 0.481 e. The van der Waals surface area contributed by atoms with E-state index in [2.05, 4.69) is 13.8 Å². The summed E-state index contributed by atoms with van der Waals surface area (Å²) in [5, 5.41) is 9.09. The van der Waals surface area contributed by atoms with E-state index < -0.39 is 5.97 Å². The number of amides is 1. The quantitative estimate of drug-likeness (QED) is 0.836. The maximum Gasteiger partial charge on any atom is 0.308 e. The van der Waals surface area contributed by atoms with Crippen LogP contribution in [0.4, 0.5) is 0 Å². The highest BCUT2D eigenvalue weighted by Gasteiger charge is 2.36. The number of carboxylic acid groups (broad SMARTS) is 1. The van der Waals surface area contributed by atoms with E-state index in [1.54, 1.807) is 4.90 Å². The first-order valence-electron chi connectivity index (χ1n) is 7.41. The van der Waals surface area contributed by atoms with Crippen LogP contribution in [0.25, 0.3) is 0 Å². The molecule has 108 valence electrons. The van der Waals surface area contributed by atoms with Gasteiger partial charge in [0.2, 0.25) is 5.91 Å². The van der Waals surface area contributed by atoms with E-state index in [0.29, 0.717) is 13.0 Å². The molecule has 19 heavy (non-hydrogen) atoms. The first-order valence-corrected chi connectivity index (χ1v) is 7.41. The van der Waals surface area contributed by atoms with Gasteiger partial charge in [0.15, 0.2) is 0 Å². The highest BCUT2D eigenvalue weighted by Crippen LogP contribution is 2.39. The molecule has 0 spiro atoms. The minimum Gasteiger partial charge on any atom is -0.481 e. The lowest BCUT2D eigenvalue weighted by molar-refractivity contribution is -0.147. The fraction of sp³-hybridized carbons (Fsp3) is 0.867. The Morgan fingerprint density at radius 3 is 2.47 bits per heavy atom. The summed E-state index contributed by atoms with van der Waals surface area (Å²) in [6.07, 6.45) is 5.73. The summed E-state index contributed by atoms with van der Waals surface area (Å²) in [5.41, 5.74) is 0.251. The van der Waals surface area contributed by atoms with Gasteiger partial charge in [-0.25, -0.2) is 0 Å². The van der Waals surface area contributed by atoms with Gasteiger partial charge in [0.25, 0.3) is 0 Å². The van der Waals surface area contributed by atoms with Crippen LogP contribution in [-0.4, -0.2) is 35.0 Å². The summed E-state index contributed by atoms with van der Waals surface area (Å²) < 4.78 is 0. The zero-order chi connectivity index (χ0) is 14.0. The van der Waals surface area contributed by atoms with Crippen LogP contribution in [0.3, 0.4) is 0 Å². The molecule has 2 atom stereocenters. The Balaban J connectivity index is 1.97. The van der Waals surface area contributed by atoms with Crippen molar-refractivity contribution >= 4 is 11.9 Å². The number of hydrogen-bond donors (Lipinski definition) is 1. The summed E-state index contributed by atoms with van der Waals surface area (Å²) in [7, 11) is 0. The maximum absolute atomic E-state index is 12.5. The smallest absolute Gasteiger partial charge is 0.308 e. The predicted octanol–water partition coefficient (Wildman–Crippen LogP) is 2.53. The van der Waals surface area contributed by atoms with Crippen LogP contribution in [0, 0.1) is 17.3 Å². The molecule has 1 aliphatic heterocycles. The second-order valence-corrected chi connectivity index (χ2v) is 6.92. The van der Waals surface area contributed by atoms with Gasteiger partial charge in [0.1, 0.15) is 0 Å². The Kier molecular flexibility index (Phi) is 4.16. The van der Waals surface area contributed by atoms with Gasteiger partial charge in [-0.2, -0.15) is 0 Å². The standard InChI is InChI=1S/C15H25NO3/c1-15(2)7-3-5-11(9-15)13(17)16-8-4-6-12(10-16)14(18)19/h11-12H,3-10H2,1-2H3,(H,18,19)/t11?,12-/m0/s1. The Labute approximate surface area is 115 Å². The highest BCUT2D eigenvalue weighted by molar-refractivity contribution is 5.80. The van der Waals surface area contributed by atoms with E-state index in [4.69, 9.17) is 5.11 Å². The van der Waals surface area contributed by atoms with Crippen molar-refractivity contribution in [1.82, 2.24) is 4.90 Å². The molecule has 0 bridgehead atoms. The van der Waals surface area contributed by atoms with Crippen molar-refractivity contribution in [3.8, 4) is 0 Å². The van der Waals surface area contributed by atoms with Crippen LogP contribution in [0.1, 0.15) is 52.4 Å². The third-order valence-electron chi connectivity index (χ3n) is 4.64. The van der Waals surface area contributed by atoms with Crippen LogP contribution < -0.4 is 0 Å². The molecule has 0 aromatic carbocycles. The van der Waals surface area contributed by atoms with Crippen LogP contribution in [-0.2, 0) is 9.59 Å². The number of carbonyl (C=O) groups is 2. The van der Waals surface area contributed by atoms with E-state index in [0.717, 1.165) is 32.2 Å². The van der Waals surface area contributed by atoms with Crippen molar-refractivity contribution in [3.63, 3.8) is 0 Å². The average molecular weight is 267 g/mol. The number of piperidine rings is 1. The molecule has 1 unspecified atom stereocenters. The van der Waals surface area contributed by atoms with E-state index in [-0.39, 0.29) is 23.2 Å². The summed E-state index contributed by atoms with van der Waals surface area (Å²) in [4.78, 5) is 25.4. The molecule has 2 aliphatic rings. The second-order valence-electron chi connectivity index (χ2n) is 6.92. The lowest BCUT2D eigenvalue weighted by Crippen LogP contribution is -2.46. The molecule has 1 heterocycles. The molecule has 1 aliphatic carbocycles. The van der Waals surface area contributed by atoms with Crippen LogP contribution in [0.5, 0.6) is 0 Å². The third kappa shape index (κ3) is 3.48. The molecule has 1 saturated heterocycles. The van der Waals surface area contributed by atoms with Crippen LogP contribution in [0.15, 0.2) is 0 Å². The molecule has 2 rings (SSSR count). The molecule has 1 N–H and O–H groups in total. The SMILES string of the molecule is CC1(C)CCCC(C(=O)N2CCC[C@H](C(=O)O)C2)C1. The fourth-order valence-corrected chi connectivity index (χ4v) is 3.55. The molecule has 2 fully saturated rings. The predicted molar refractivity (Wildman–Crippen MR) is 72.7 cm³/mol. The molecular formula is C15H25NO3. The number of rotatable bonds is 2. The summed E-state index contributed by atoms with van der Waals surface area (Å²) in [5.74, 6) is -0.828. The van der Waals surface area contributed by atoms with Gasteiger partial charge in [0, 0.05) is 19.0 Å². The van der Waals surface area contributed by atoms with Gasteiger partial charge in [0.05, 0.1) is 5.92 Å². The number of carbonyl (C=O) groups excluding carboxylic acids is 1. The molecular weight excluding hydrogens is 242 g/mol. The van der Waals surface area contributed by atoms with Gasteiger partial charge >= 0.3 is 5.97 Å². The van der Waals surface area contributed by atoms with E-state index in [9.17, 15) is 9.59 Å². The number of hydrogen-bond acceptors (Lipinski definition) is 2. The highest BCUT2D eigenvalue weighted by atomic mass is 16.4. The molecule has 0 radical (unpaired) electrons. The van der Waals surface area contributed by atoms with Gasteiger partial charge in [-0.3, -0.25) is 9.59 Å². The number of carboxylic acids is 1. The van der Waals surface area contributed by atoms with Gasteiger partial charge in [-0.05, 0) is 37.5 Å². The Hall–Kier alpha value is -1.06. The average Bonchev–Trinajstić information content (AvgIpc) is 2.37. The molecule has 0 aromatic rings. The first kappa shape index (κ1) is 14.4. The van der Waals surface area contributed by atoms with Crippen LogP contribution in [0.2, 0.25) is 0 Å². The summed E-state index contributed by atoms with van der Waals surface area (Å²) in [6, 6.07) is 0. The topological polar surface area (TPSA) is 57.6 Å². The summed E-state index contributed by atoms with van der Waals surface area (Å²) in [6.45, 7) is 5.59. The Morgan fingerprint density at radius 2 is 1.84 bits per heavy atom. The van der Waals surface area contributed by atoms with E-state index in [1.807, 2.05) is 0 Å². The van der Waals surface area contributed by atoms with Crippen LogP contribution >= 0.6 is 0 Å². The zero-order valence-corrected chi connectivity index (χ0v) is 12.0. The fourth-order valence-electron chi connectivity index (χ4n) is 3.55. The molecule has 1 saturated carbocycles. The van der Waals surface area contributed by atoms with Gasteiger partial charge < -0.3 is 10.0 Å². The molecule has 4 nitrogen and oxygen atoms in total. The molecule has 1 amide bonds. The van der Waals surface area contributed by atoms with Gasteiger partial charge in [-0.15, -0.1) is 0 Å². The van der Waals surface area contributed by atoms with Crippen molar-refractivity contribution < 1.29 is 14.7 Å². The minimum absolute atomic E-state index is 0.108. The number of nitrogens with zero attached hydrogens (tertiary/aromatic N) is 1. The molecule has 0 aromatic heterocycles. The van der Waals surface area contributed by atoms with E-state index >= 15 is 0 Å². The monoisotopic (exact) mass is 267 g/mol. The Bertz CT molecular complexity index is 364. The number of likely N-dealkylation sites (tertiary alicyclic amines) is 1. The Morgan fingerprint density at radius 1 is 1.16 bits per heavy atom. The lowest BCUT2D eigenvalue weighted by atomic mass is 9.71. The van der Waals surface area contributed by atoms with Crippen molar-refractivity contribution in [2.45, 2.75) is 52.4 Å². The minimum atomic E-state index is -0.763. The lowest BCUT2D eigenvalue weighted by Gasteiger charge is -2.39. The zero-order valence-electron chi connectivity index (χ0n) is 12.0. The maximum atomic E-state index is 12.5.